The Morgan fingerprint density at radius 2 is 1.51 bits per heavy atom. The van der Waals surface area contributed by atoms with Gasteiger partial charge < -0.3 is 10.2 Å². The smallest absolute Gasteiger partial charge is 0.123 e. The van der Waals surface area contributed by atoms with Crippen LogP contribution in [0.4, 0.5) is 10.1 Å². The molecule has 1 unspecified atom stereocenters. The molecule has 3 aromatic rings. The fourth-order valence-corrected chi connectivity index (χ4v) is 5.15. The third-order valence-electron chi connectivity index (χ3n) is 7.59. The predicted molar refractivity (Wildman–Crippen MR) is 170 cm³/mol. The van der Waals surface area contributed by atoms with Crippen molar-refractivity contribution in [2.75, 3.05) is 32.0 Å². The number of nitrogens with one attached hydrogen (secondary N) is 1. The fourth-order valence-electron chi connectivity index (χ4n) is 5.15. The van der Waals surface area contributed by atoms with Gasteiger partial charge in [-0.2, -0.15) is 0 Å². The largest absolute Gasteiger partial charge is 0.388 e. The van der Waals surface area contributed by atoms with Crippen molar-refractivity contribution in [3.63, 3.8) is 0 Å². The third-order valence-corrected chi connectivity index (χ3v) is 7.59. The molecule has 2 nitrogen and oxygen atoms in total. The van der Waals surface area contributed by atoms with E-state index in [1.807, 2.05) is 14.0 Å². The Kier molecular flexibility index (Phi) is 14.9. The lowest BCUT2D eigenvalue weighted by Crippen LogP contribution is -2.30. The van der Waals surface area contributed by atoms with Crippen molar-refractivity contribution in [2.24, 2.45) is 0 Å². The van der Waals surface area contributed by atoms with Gasteiger partial charge in [-0.05, 0) is 131 Å². The average Bonchev–Trinajstić information content (AvgIpc) is 2.94. The van der Waals surface area contributed by atoms with Gasteiger partial charge in [0.1, 0.15) is 5.82 Å². The van der Waals surface area contributed by atoms with Crippen LogP contribution in [0, 0.1) is 26.6 Å². The van der Waals surface area contributed by atoms with Crippen LogP contribution in [-0.2, 0) is 12.8 Å². The number of likely N-dealkylation sites (tertiary alicyclic amines) is 1. The summed E-state index contributed by atoms with van der Waals surface area (Å²) in [4.78, 5) is 2.57. The molecule has 39 heavy (non-hydrogen) atoms. The molecule has 0 bridgehead atoms. The van der Waals surface area contributed by atoms with Crippen molar-refractivity contribution < 1.29 is 4.39 Å². The summed E-state index contributed by atoms with van der Waals surface area (Å²) in [6.07, 6.45) is 9.09. The first-order chi connectivity index (χ1) is 18.8. The molecule has 3 aromatic carbocycles. The number of nitrogens with zero attached hydrogens (tertiary/aromatic N) is 1. The Bertz CT molecular complexity index is 1060. The van der Waals surface area contributed by atoms with Gasteiger partial charge in [0.2, 0.25) is 0 Å². The van der Waals surface area contributed by atoms with Gasteiger partial charge in [-0.25, -0.2) is 4.39 Å². The Balaban J connectivity index is 0.000000255. The summed E-state index contributed by atoms with van der Waals surface area (Å²) in [5, 5.41) is 3.26. The molecule has 1 N–H and O–H groups in total. The second-order valence-corrected chi connectivity index (χ2v) is 11.1. The van der Waals surface area contributed by atoms with Crippen LogP contribution in [0.1, 0.15) is 92.2 Å². The Labute approximate surface area is 239 Å². The molecule has 214 valence electrons. The molecule has 0 amide bonds. The van der Waals surface area contributed by atoms with Gasteiger partial charge in [0.25, 0.3) is 0 Å². The first-order valence-electron chi connectivity index (χ1n) is 15.1. The monoisotopic (exact) mass is 532 g/mol. The van der Waals surface area contributed by atoms with Crippen LogP contribution in [0.2, 0.25) is 0 Å². The molecule has 1 saturated heterocycles. The first-order valence-corrected chi connectivity index (χ1v) is 15.1. The molecule has 0 radical (unpaired) electrons. The van der Waals surface area contributed by atoms with Crippen LogP contribution >= 0.6 is 0 Å². The number of anilines is 1. The van der Waals surface area contributed by atoms with Crippen molar-refractivity contribution in [3.05, 3.63) is 99.9 Å². The molecule has 4 rings (SSSR count). The van der Waals surface area contributed by atoms with E-state index >= 15 is 0 Å². The number of halogens is 1. The molecule has 1 aliphatic rings. The maximum Gasteiger partial charge on any atom is 0.123 e. The SMILES string of the molecule is CCCN1CCCCC1.CCCc1cc(NC)ccc1C(C)Cc1ccc(C)c(C)c1.Cc1ccc(F)cc1. The number of hydrogen-bond acceptors (Lipinski definition) is 2. The van der Waals surface area contributed by atoms with Gasteiger partial charge in [-0.1, -0.05) is 75.6 Å². The molecular weight excluding hydrogens is 479 g/mol. The Morgan fingerprint density at radius 3 is 2.08 bits per heavy atom. The number of rotatable bonds is 8. The first kappa shape index (κ1) is 32.6. The molecule has 1 fully saturated rings. The van der Waals surface area contributed by atoms with E-state index in [4.69, 9.17) is 0 Å². The van der Waals surface area contributed by atoms with Gasteiger partial charge in [0.15, 0.2) is 0 Å². The number of aryl methyl sites for hydroxylation is 4. The van der Waals surface area contributed by atoms with Gasteiger partial charge in [-0.3, -0.25) is 0 Å². The molecule has 1 atom stereocenters. The lowest BCUT2D eigenvalue weighted by atomic mass is 9.88. The van der Waals surface area contributed by atoms with Gasteiger partial charge >= 0.3 is 0 Å². The van der Waals surface area contributed by atoms with Crippen LogP contribution in [0.25, 0.3) is 0 Å². The van der Waals surface area contributed by atoms with Gasteiger partial charge in [-0.15, -0.1) is 0 Å². The minimum atomic E-state index is -0.171. The lowest BCUT2D eigenvalue weighted by Gasteiger charge is -2.25. The summed E-state index contributed by atoms with van der Waals surface area (Å²) in [5.41, 5.74) is 9.50. The summed E-state index contributed by atoms with van der Waals surface area (Å²) >= 11 is 0. The number of hydrogen-bond donors (Lipinski definition) is 1. The van der Waals surface area contributed by atoms with Crippen molar-refractivity contribution >= 4 is 5.69 Å². The van der Waals surface area contributed by atoms with Crippen LogP contribution in [-0.4, -0.2) is 31.6 Å². The van der Waals surface area contributed by atoms with E-state index in [0.717, 1.165) is 18.4 Å². The predicted octanol–water partition coefficient (Wildman–Crippen LogP) is 9.66. The standard InChI is InChI=1S/C21H29N.C8H17N.C7H7F/c1-6-7-19-14-20(22-5)10-11-21(19)17(4)13-18-9-8-15(2)16(3)12-18;1-2-6-9-7-4-3-5-8-9;1-6-2-4-7(8)5-3-6/h8-12,14,17,22H,6-7,13H2,1-5H3;2-8H2,1H3;2-5H,1H3. The normalized spacial score (nSPS) is 13.9. The van der Waals surface area contributed by atoms with Crippen molar-refractivity contribution in [2.45, 2.75) is 92.4 Å². The summed E-state index contributed by atoms with van der Waals surface area (Å²) in [6.45, 7) is 17.2. The van der Waals surface area contributed by atoms with Crippen LogP contribution in [0.3, 0.4) is 0 Å². The quantitative estimate of drug-likeness (QED) is 0.311. The van der Waals surface area contributed by atoms with Crippen LogP contribution in [0.15, 0.2) is 60.7 Å². The summed E-state index contributed by atoms with van der Waals surface area (Å²) < 4.78 is 12.1. The van der Waals surface area contributed by atoms with E-state index in [1.165, 1.54) is 97.4 Å². The highest BCUT2D eigenvalue weighted by Crippen LogP contribution is 2.28. The zero-order valence-electron chi connectivity index (χ0n) is 25.7. The zero-order valence-corrected chi connectivity index (χ0v) is 25.7. The Hall–Kier alpha value is -2.65. The molecule has 0 aliphatic carbocycles. The van der Waals surface area contributed by atoms with E-state index in [9.17, 15) is 4.39 Å². The molecule has 1 heterocycles. The Morgan fingerprint density at radius 1 is 0.821 bits per heavy atom. The molecule has 1 aliphatic heterocycles. The maximum absolute atomic E-state index is 12.1. The molecule has 0 aromatic heterocycles. The number of benzene rings is 3. The average molecular weight is 533 g/mol. The fraction of sp³-hybridized carbons (Fsp3) is 0.500. The highest BCUT2D eigenvalue weighted by Gasteiger charge is 2.12. The minimum absolute atomic E-state index is 0.171. The zero-order chi connectivity index (χ0) is 28.6. The van der Waals surface area contributed by atoms with Gasteiger partial charge in [0, 0.05) is 12.7 Å². The van der Waals surface area contributed by atoms with Crippen molar-refractivity contribution in [1.29, 1.82) is 0 Å². The van der Waals surface area contributed by atoms with E-state index in [-0.39, 0.29) is 5.82 Å². The van der Waals surface area contributed by atoms with E-state index < -0.39 is 0 Å². The third kappa shape index (κ3) is 12.0. The number of piperidine rings is 1. The summed E-state index contributed by atoms with van der Waals surface area (Å²) in [6, 6.07) is 20.1. The lowest BCUT2D eigenvalue weighted by molar-refractivity contribution is 0.229. The molecule has 0 saturated carbocycles. The highest BCUT2D eigenvalue weighted by molar-refractivity contribution is 5.49. The van der Waals surface area contributed by atoms with E-state index in [1.54, 1.807) is 12.1 Å². The van der Waals surface area contributed by atoms with Crippen LogP contribution < -0.4 is 5.32 Å². The summed E-state index contributed by atoms with van der Waals surface area (Å²) in [5.74, 6) is 0.380. The van der Waals surface area contributed by atoms with E-state index in [2.05, 4.69) is 81.2 Å². The minimum Gasteiger partial charge on any atom is -0.388 e. The molecule has 3 heteroatoms. The van der Waals surface area contributed by atoms with Crippen LogP contribution in [0.5, 0.6) is 0 Å². The molecule has 0 spiro atoms. The topological polar surface area (TPSA) is 15.3 Å². The maximum atomic E-state index is 12.1. The van der Waals surface area contributed by atoms with E-state index in [0.29, 0.717) is 5.92 Å². The van der Waals surface area contributed by atoms with Crippen molar-refractivity contribution in [3.8, 4) is 0 Å². The summed E-state index contributed by atoms with van der Waals surface area (Å²) in [7, 11) is 1.99. The second-order valence-electron chi connectivity index (χ2n) is 11.1. The second kappa shape index (κ2) is 17.8. The molecular formula is C36H53FN2. The highest BCUT2D eigenvalue weighted by atomic mass is 19.1. The van der Waals surface area contributed by atoms with Gasteiger partial charge in [0.05, 0.1) is 0 Å². The van der Waals surface area contributed by atoms with Crippen molar-refractivity contribution in [1.82, 2.24) is 4.90 Å².